The first-order valence-corrected chi connectivity index (χ1v) is 8.55. The van der Waals surface area contributed by atoms with Crippen LogP contribution in [0, 0.1) is 0 Å². The molecule has 0 radical (unpaired) electrons. The van der Waals surface area contributed by atoms with Crippen LogP contribution in [0.2, 0.25) is 5.02 Å². The molecule has 0 saturated carbocycles. The van der Waals surface area contributed by atoms with Gasteiger partial charge in [0.1, 0.15) is 5.75 Å². The van der Waals surface area contributed by atoms with Gasteiger partial charge in [-0.05, 0) is 63.4 Å². The molecule has 5 heteroatoms. The fourth-order valence-corrected chi connectivity index (χ4v) is 3.71. The van der Waals surface area contributed by atoms with E-state index in [1.807, 2.05) is 4.90 Å². The zero-order chi connectivity index (χ0) is 15.5. The van der Waals surface area contributed by atoms with E-state index in [1.54, 1.807) is 12.1 Å². The molecule has 1 atom stereocenters. The molecule has 2 saturated heterocycles. The Bertz CT molecular complexity index is 543. The van der Waals surface area contributed by atoms with Crippen molar-refractivity contribution < 1.29 is 9.90 Å². The van der Waals surface area contributed by atoms with E-state index in [0.29, 0.717) is 11.6 Å². The van der Waals surface area contributed by atoms with E-state index >= 15 is 0 Å². The summed E-state index contributed by atoms with van der Waals surface area (Å²) in [5.74, 6) is 0.0521. The average molecular weight is 323 g/mol. The van der Waals surface area contributed by atoms with Crippen LogP contribution >= 0.6 is 11.6 Å². The Morgan fingerprint density at radius 1 is 1.18 bits per heavy atom. The van der Waals surface area contributed by atoms with Crippen LogP contribution in [0.15, 0.2) is 18.2 Å². The number of nitrogens with zero attached hydrogens (tertiary/aromatic N) is 2. The van der Waals surface area contributed by atoms with E-state index in [1.165, 1.54) is 25.3 Å². The largest absolute Gasteiger partial charge is 0.506 e. The summed E-state index contributed by atoms with van der Waals surface area (Å²) in [5, 5.41) is 9.75. The fourth-order valence-electron chi connectivity index (χ4n) is 3.53. The lowest BCUT2D eigenvalue weighted by Gasteiger charge is -2.38. The van der Waals surface area contributed by atoms with Crippen LogP contribution in [0.5, 0.6) is 5.75 Å². The van der Waals surface area contributed by atoms with Crippen molar-refractivity contribution in [2.45, 2.75) is 38.1 Å². The summed E-state index contributed by atoms with van der Waals surface area (Å²) < 4.78 is 0. The van der Waals surface area contributed by atoms with Crippen LogP contribution < -0.4 is 0 Å². The second-order valence-corrected chi connectivity index (χ2v) is 6.73. The molecule has 22 heavy (non-hydrogen) atoms. The van der Waals surface area contributed by atoms with Gasteiger partial charge in [0.15, 0.2) is 0 Å². The van der Waals surface area contributed by atoms with Crippen molar-refractivity contribution in [1.29, 1.82) is 0 Å². The van der Waals surface area contributed by atoms with E-state index in [9.17, 15) is 9.90 Å². The molecular formula is C17H23ClN2O2. The van der Waals surface area contributed by atoms with Gasteiger partial charge >= 0.3 is 0 Å². The Morgan fingerprint density at radius 2 is 1.91 bits per heavy atom. The molecule has 1 N–H and O–H groups in total. The maximum Gasteiger partial charge on any atom is 0.254 e. The van der Waals surface area contributed by atoms with Crippen LogP contribution in [0.4, 0.5) is 0 Å². The minimum Gasteiger partial charge on any atom is -0.506 e. The molecule has 1 aromatic carbocycles. The summed E-state index contributed by atoms with van der Waals surface area (Å²) in [7, 11) is 0. The Hall–Kier alpha value is -1.26. The molecule has 2 fully saturated rings. The minimum atomic E-state index is 0.0190. The third-order valence-electron chi connectivity index (χ3n) is 4.75. The van der Waals surface area contributed by atoms with Crippen molar-refractivity contribution in [2.75, 3.05) is 26.2 Å². The van der Waals surface area contributed by atoms with E-state index in [0.717, 1.165) is 39.0 Å². The molecule has 0 bridgehead atoms. The molecular weight excluding hydrogens is 300 g/mol. The summed E-state index contributed by atoms with van der Waals surface area (Å²) >= 11 is 5.94. The van der Waals surface area contributed by atoms with Crippen LogP contribution in [0.1, 0.15) is 42.5 Å². The van der Waals surface area contributed by atoms with Crippen LogP contribution in [-0.4, -0.2) is 53.0 Å². The SMILES string of the molecule is O=C(c1ccc(O)c(Cl)c1)N1CCCC[C@H]1CN1CCCC1. The van der Waals surface area contributed by atoms with Crippen LogP contribution in [0.25, 0.3) is 0 Å². The summed E-state index contributed by atoms with van der Waals surface area (Å²) in [6.45, 7) is 4.11. The first-order valence-electron chi connectivity index (χ1n) is 8.17. The molecule has 3 rings (SSSR count). The zero-order valence-electron chi connectivity index (χ0n) is 12.8. The number of hydrogen-bond acceptors (Lipinski definition) is 3. The Kier molecular flexibility index (Phi) is 4.89. The molecule has 1 aromatic rings. The summed E-state index contributed by atoms with van der Waals surface area (Å²) in [6, 6.07) is 5.02. The lowest BCUT2D eigenvalue weighted by molar-refractivity contribution is 0.0560. The fraction of sp³-hybridized carbons (Fsp3) is 0.588. The predicted molar refractivity (Wildman–Crippen MR) is 87.5 cm³/mol. The maximum absolute atomic E-state index is 12.8. The van der Waals surface area contributed by atoms with Crippen molar-refractivity contribution in [2.24, 2.45) is 0 Å². The maximum atomic E-state index is 12.8. The summed E-state index contributed by atoms with van der Waals surface area (Å²) in [5.41, 5.74) is 0.566. The van der Waals surface area contributed by atoms with E-state index in [2.05, 4.69) is 4.90 Å². The highest BCUT2D eigenvalue weighted by molar-refractivity contribution is 6.32. The van der Waals surface area contributed by atoms with E-state index < -0.39 is 0 Å². The number of carbonyl (C=O) groups excluding carboxylic acids is 1. The number of benzene rings is 1. The Morgan fingerprint density at radius 3 is 2.64 bits per heavy atom. The molecule has 0 aliphatic carbocycles. The highest BCUT2D eigenvalue weighted by atomic mass is 35.5. The first kappa shape index (κ1) is 15.6. The molecule has 120 valence electrons. The second kappa shape index (κ2) is 6.88. The number of carbonyl (C=O) groups is 1. The second-order valence-electron chi connectivity index (χ2n) is 6.32. The molecule has 1 amide bonds. The van der Waals surface area contributed by atoms with Crippen molar-refractivity contribution >= 4 is 17.5 Å². The number of rotatable bonds is 3. The number of halogens is 1. The molecule has 2 heterocycles. The van der Waals surface area contributed by atoms with Crippen molar-refractivity contribution in [3.63, 3.8) is 0 Å². The van der Waals surface area contributed by atoms with Crippen LogP contribution in [-0.2, 0) is 0 Å². The van der Waals surface area contributed by atoms with Gasteiger partial charge in [-0.3, -0.25) is 4.79 Å². The zero-order valence-corrected chi connectivity index (χ0v) is 13.6. The number of aromatic hydroxyl groups is 1. The van der Waals surface area contributed by atoms with Gasteiger partial charge in [0.05, 0.1) is 5.02 Å². The van der Waals surface area contributed by atoms with Gasteiger partial charge in [0, 0.05) is 24.7 Å². The van der Waals surface area contributed by atoms with E-state index in [-0.39, 0.29) is 16.7 Å². The lowest BCUT2D eigenvalue weighted by atomic mass is 10.00. The van der Waals surface area contributed by atoms with Gasteiger partial charge in [-0.2, -0.15) is 0 Å². The third-order valence-corrected chi connectivity index (χ3v) is 5.05. The van der Waals surface area contributed by atoms with Crippen molar-refractivity contribution in [1.82, 2.24) is 9.80 Å². The number of piperidine rings is 1. The number of likely N-dealkylation sites (tertiary alicyclic amines) is 2. The number of hydrogen-bond donors (Lipinski definition) is 1. The molecule has 2 aliphatic rings. The Balaban J connectivity index is 1.73. The minimum absolute atomic E-state index is 0.0190. The molecule has 0 aromatic heterocycles. The summed E-state index contributed by atoms with van der Waals surface area (Å²) in [4.78, 5) is 17.3. The van der Waals surface area contributed by atoms with Crippen LogP contribution in [0.3, 0.4) is 0 Å². The number of phenolic OH excluding ortho intramolecular Hbond substituents is 1. The third kappa shape index (κ3) is 3.39. The van der Waals surface area contributed by atoms with Gasteiger partial charge in [-0.1, -0.05) is 11.6 Å². The Labute approximate surface area is 136 Å². The highest BCUT2D eigenvalue weighted by Crippen LogP contribution is 2.27. The lowest BCUT2D eigenvalue weighted by Crippen LogP contribution is -2.49. The van der Waals surface area contributed by atoms with Gasteiger partial charge in [0.2, 0.25) is 0 Å². The highest BCUT2D eigenvalue weighted by Gasteiger charge is 2.29. The average Bonchev–Trinajstić information content (AvgIpc) is 3.03. The normalized spacial score (nSPS) is 23.0. The summed E-state index contributed by atoms with van der Waals surface area (Å²) in [6.07, 6.45) is 5.88. The van der Waals surface area contributed by atoms with Gasteiger partial charge in [0.25, 0.3) is 5.91 Å². The molecule has 0 unspecified atom stereocenters. The predicted octanol–water partition coefficient (Wildman–Crippen LogP) is 3.14. The number of amides is 1. The first-order chi connectivity index (χ1) is 10.6. The standard InChI is InChI=1S/C17H23ClN2O2/c18-15-11-13(6-7-16(15)21)17(22)20-10-2-1-5-14(20)12-19-8-3-4-9-19/h6-7,11,14,21H,1-5,8-10,12H2/t14-/m0/s1. The quantitative estimate of drug-likeness (QED) is 0.929. The van der Waals surface area contributed by atoms with Gasteiger partial charge in [-0.25, -0.2) is 0 Å². The van der Waals surface area contributed by atoms with Gasteiger partial charge < -0.3 is 14.9 Å². The van der Waals surface area contributed by atoms with Crippen molar-refractivity contribution in [3.8, 4) is 5.75 Å². The molecule has 0 spiro atoms. The van der Waals surface area contributed by atoms with E-state index in [4.69, 9.17) is 11.6 Å². The van der Waals surface area contributed by atoms with Gasteiger partial charge in [-0.15, -0.1) is 0 Å². The molecule has 2 aliphatic heterocycles. The molecule has 4 nitrogen and oxygen atoms in total. The monoisotopic (exact) mass is 322 g/mol. The topological polar surface area (TPSA) is 43.8 Å². The number of phenols is 1. The smallest absolute Gasteiger partial charge is 0.254 e. The van der Waals surface area contributed by atoms with Crippen molar-refractivity contribution in [3.05, 3.63) is 28.8 Å².